The maximum Gasteiger partial charge on any atom is 0.343 e. The first-order valence-corrected chi connectivity index (χ1v) is 9.72. The summed E-state index contributed by atoms with van der Waals surface area (Å²) in [5, 5.41) is 11.1. The van der Waals surface area contributed by atoms with Gasteiger partial charge in [-0.3, -0.25) is 10.1 Å². The lowest BCUT2D eigenvalue weighted by Crippen LogP contribution is -2.30. The fourth-order valence-electron chi connectivity index (χ4n) is 2.49. The molecule has 0 radical (unpaired) electrons. The van der Waals surface area contributed by atoms with Crippen LogP contribution < -0.4 is 4.74 Å². The summed E-state index contributed by atoms with van der Waals surface area (Å²) in [7, 11) is -3.63. The molecule has 144 valence electrons. The number of hydrogen-bond acceptors (Lipinski definition) is 6. The number of esters is 1. The number of ether oxygens (including phenoxy) is 1. The Morgan fingerprint density at radius 2 is 1.70 bits per heavy atom. The van der Waals surface area contributed by atoms with E-state index in [2.05, 4.69) is 0 Å². The number of hydrogen-bond donors (Lipinski definition) is 0. The number of rotatable bonds is 7. The van der Waals surface area contributed by atoms with E-state index < -0.39 is 20.9 Å². The van der Waals surface area contributed by atoms with E-state index in [4.69, 9.17) is 4.74 Å². The van der Waals surface area contributed by atoms with Gasteiger partial charge in [-0.1, -0.05) is 19.9 Å². The zero-order valence-corrected chi connectivity index (χ0v) is 16.0. The Bertz CT molecular complexity index is 950. The van der Waals surface area contributed by atoms with Crippen LogP contribution in [0, 0.1) is 17.0 Å². The molecule has 2 aromatic carbocycles. The number of carbonyl (C=O) groups excluding carboxylic acids is 1. The van der Waals surface area contributed by atoms with Crippen molar-refractivity contribution in [2.45, 2.75) is 25.7 Å². The van der Waals surface area contributed by atoms with Gasteiger partial charge in [0.25, 0.3) is 0 Å². The van der Waals surface area contributed by atoms with Crippen molar-refractivity contribution in [2.24, 2.45) is 0 Å². The lowest BCUT2D eigenvalue weighted by Gasteiger charge is -2.18. The molecule has 0 unspecified atom stereocenters. The van der Waals surface area contributed by atoms with Gasteiger partial charge in [-0.05, 0) is 42.8 Å². The van der Waals surface area contributed by atoms with Gasteiger partial charge in [-0.25, -0.2) is 13.2 Å². The van der Waals surface area contributed by atoms with Crippen LogP contribution in [0.25, 0.3) is 0 Å². The molecule has 0 aliphatic heterocycles. The van der Waals surface area contributed by atoms with E-state index in [0.717, 1.165) is 0 Å². The number of sulfonamides is 1. The second-order valence-corrected chi connectivity index (χ2v) is 7.67. The Morgan fingerprint density at radius 1 is 1.11 bits per heavy atom. The highest BCUT2D eigenvalue weighted by atomic mass is 32.2. The molecule has 2 aromatic rings. The predicted molar refractivity (Wildman–Crippen MR) is 99.3 cm³/mol. The van der Waals surface area contributed by atoms with Crippen molar-refractivity contribution in [2.75, 3.05) is 13.1 Å². The van der Waals surface area contributed by atoms with Crippen LogP contribution >= 0.6 is 0 Å². The highest BCUT2D eigenvalue weighted by Gasteiger charge is 2.23. The second kappa shape index (κ2) is 8.28. The number of nitrogens with zero attached hydrogens (tertiary/aromatic N) is 2. The summed E-state index contributed by atoms with van der Waals surface area (Å²) in [5.74, 6) is -0.972. The van der Waals surface area contributed by atoms with Crippen molar-refractivity contribution in [3.05, 3.63) is 63.7 Å². The monoisotopic (exact) mass is 392 g/mol. The molecule has 0 spiro atoms. The van der Waals surface area contributed by atoms with Gasteiger partial charge in [0.05, 0.1) is 15.4 Å². The molecule has 0 bridgehead atoms. The Balaban J connectivity index is 2.27. The molecule has 0 atom stereocenters. The SMILES string of the molecule is CCN(CC)S(=O)(=O)c1ccc(C(=O)Oc2cc(C)ccc2[N+](=O)[O-])cc1. The molecule has 0 aromatic heterocycles. The zero-order valence-electron chi connectivity index (χ0n) is 15.2. The van der Waals surface area contributed by atoms with Gasteiger partial charge >= 0.3 is 11.7 Å². The Morgan fingerprint density at radius 3 is 2.22 bits per heavy atom. The molecule has 0 saturated heterocycles. The first kappa shape index (κ1) is 20.5. The van der Waals surface area contributed by atoms with Gasteiger partial charge in [-0.15, -0.1) is 0 Å². The Hall–Kier alpha value is -2.78. The molecule has 0 saturated carbocycles. The molecular weight excluding hydrogens is 372 g/mol. The van der Waals surface area contributed by atoms with Gasteiger partial charge in [-0.2, -0.15) is 4.31 Å². The maximum atomic E-state index is 12.5. The number of nitro benzene ring substituents is 1. The van der Waals surface area contributed by atoms with Crippen LogP contribution in [0.1, 0.15) is 29.8 Å². The number of nitro groups is 1. The van der Waals surface area contributed by atoms with Crippen LogP contribution in [0.3, 0.4) is 0 Å². The molecule has 8 nitrogen and oxygen atoms in total. The highest BCUT2D eigenvalue weighted by molar-refractivity contribution is 7.89. The summed E-state index contributed by atoms with van der Waals surface area (Å²) in [6.07, 6.45) is 0. The van der Waals surface area contributed by atoms with Crippen molar-refractivity contribution in [1.82, 2.24) is 4.31 Å². The van der Waals surface area contributed by atoms with Crippen LogP contribution in [-0.4, -0.2) is 36.7 Å². The fourth-order valence-corrected chi connectivity index (χ4v) is 3.95. The van der Waals surface area contributed by atoms with Crippen LogP contribution in [0.15, 0.2) is 47.4 Å². The molecule has 0 N–H and O–H groups in total. The molecule has 0 aliphatic rings. The van der Waals surface area contributed by atoms with Crippen molar-refractivity contribution in [3.63, 3.8) is 0 Å². The first-order chi connectivity index (χ1) is 12.7. The van der Waals surface area contributed by atoms with Gasteiger partial charge < -0.3 is 4.74 Å². The van der Waals surface area contributed by atoms with Crippen molar-refractivity contribution >= 4 is 21.7 Å². The van der Waals surface area contributed by atoms with Crippen LogP contribution in [-0.2, 0) is 10.0 Å². The number of carbonyl (C=O) groups is 1. The minimum Gasteiger partial charge on any atom is -0.416 e. The molecular formula is C18H20N2O6S. The predicted octanol–water partition coefficient (Wildman–Crippen LogP) is 3.15. The largest absolute Gasteiger partial charge is 0.416 e. The lowest BCUT2D eigenvalue weighted by atomic mass is 10.2. The number of aryl methyl sites for hydroxylation is 1. The summed E-state index contributed by atoms with van der Waals surface area (Å²) < 4.78 is 31.4. The Labute approximate surface area is 157 Å². The van der Waals surface area contributed by atoms with E-state index in [1.54, 1.807) is 26.8 Å². The van der Waals surface area contributed by atoms with Crippen LogP contribution in [0.4, 0.5) is 5.69 Å². The standard InChI is InChI=1S/C18H20N2O6S/c1-4-19(5-2)27(24,25)15-9-7-14(8-10-15)18(21)26-17-12-13(3)6-11-16(17)20(22)23/h6-12H,4-5H2,1-3H3. The van der Waals surface area contributed by atoms with Gasteiger partial charge in [0.1, 0.15) is 0 Å². The summed E-state index contributed by atoms with van der Waals surface area (Å²) in [4.78, 5) is 22.8. The maximum absolute atomic E-state index is 12.5. The molecule has 0 amide bonds. The molecule has 0 heterocycles. The zero-order chi connectivity index (χ0) is 20.2. The van der Waals surface area contributed by atoms with Gasteiger partial charge in [0.15, 0.2) is 0 Å². The van der Waals surface area contributed by atoms with E-state index in [1.807, 2.05) is 0 Å². The molecule has 27 heavy (non-hydrogen) atoms. The van der Waals surface area contributed by atoms with E-state index in [-0.39, 0.29) is 21.9 Å². The fraction of sp³-hybridized carbons (Fsp3) is 0.278. The average Bonchev–Trinajstić information content (AvgIpc) is 2.62. The quantitative estimate of drug-likeness (QED) is 0.310. The summed E-state index contributed by atoms with van der Waals surface area (Å²) >= 11 is 0. The highest BCUT2D eigenvalue weighted by Crippen LogP contribution is 2.28. The third-order valence-corrected chi connectivity index (χ3v) is 6.01. The topological polar surface area (TPSA) is 107 Å². The third-order valence-electron chi connectivity index (χ3n) is 3.95. The first-order valence-electron chi connectivity index (χ1n) is 8.28. The molecule has 0 fully saturated rings. The summed E-state index contributed by atoms with van der Waals surface area (Å²) in [6.45, 7) is 5.86. The molecule has 0 aliphatic carbocycles. The molecule has 2 rings (SSSR count). The van der Waals surface area contributed by atoms with E-state index in [0.29, 0.717) is 18.7 Å². The third kappa shape index (κ3) is 4.50. The van der Waals surface area contributed by atoms with Crippen LogP contribution in [0.5, 0.6) is 5.75 Å². The normalized spacial score (nSPS) is 11.4. The minimum absolute atomic E-state index is 0.0595. The van der Waals surface area contributed by atoms with E-state index >= 15 is 0 Å². The summed E-state index contributed by atoms with van der Waals surface area (Å²) in [6, 6.07) is 9.47. The van der Waals surface area contributed by atoms with Crippen molar-refractivity contribution in [3.8, 4) is 5.75 Å². The minimum atomic E-state index is -3.63. The smallest absolute Gasteiger partial charge is 0.343 e. The Kier molecular flexibility index (Phi) is 6.29. The van der Waals surface area contributed by atoms with Gasteiger partial charge in [0.2, 0.25) is 15.8 Å². The lowest BCUT2D eigenvalue weighted by molar-refractivity contribution is -0.385. The second-order valence-electron chi connectivity index (χ2n) is 5.73. The molecule has 9 heteroatoms. The van der Waals surface area contributed by atoms with Crippen molar-refractivity contribution in [1.29, 1.82) is 0 Å². The van der Waals surface area contributed by atoms with Crippen molar-refractivity contribution < 1.29 is 22.9 Å². The van der Waals surface area contributed by atoms with Gasteiger partial charge in [0, 0.05) is 19.2 Å². The average molecular weight is 392 g/mol. The van der Waals surface area contributed by atoms with E-state index in [1.165, 1.54) is 40.7 Å². The van der Waals surface area contributed by atoms with Crippen LogP contribution in [0.2, 0.25) is 0 Å². The number of benzene rings is 2. The van der Waals surface area contributed by atoms with E-state index in [9.17, 15) is 23.3 Å². The summed E-state index contributed by atoms with van der Waals surface area (Å²) in [5.41, 5.74) is 0.461.